The van der Waals surface area contributed by atoms with E-state index in [-0.39, 0.29) is 37.1 Å². The predicted molar refractivity (Wildman–Crippen MR) is 94.5 cm³/mol. The molecule has 0 radical (unpaired) electrons. The first-order valence-electron chi connectivity index (χ1n) is 9.28. The topological polar surface area (TPSA) is 62.2 Å². The molecule has 3 rings (SSSR count). The molecule has 0 unspecified atom stereocenters. The van der Waals surface area contributed by atoms with Crippen LogP contribution in [0.15, 0.2) is 24.3 Å². The number of carbonyl (C=O) groups is 1. The minimum Gasteiger partial charge on any atom is -0.491 e. The molecule has 7 heteroatoms. The molecule has 1 atom stereocenters. The van der Waals surface area contributed by atoms with Gasteiger partial charge in [0.05, 0.1) is 6.54 Å². The van der Waals surface area contributed by atoms with Crippen LogP contribution in [0.2, 0.25) is 0 Å². The van der Waals surface area contributed by atoms with E-state index in [1.807, 2.05) is 4.90 Å². The lowest BCUT2D eigenvalue weighted by atomic mass is 10.0. The fourth-order valence-electron chi connectivity index (χ4n) is 3.57. The zero-order chi connectivity index (χ0) is 18.4. The van der Waals surface area contributed by atoms with Crippen molar-refractivity contribution in [3.8, 4) is 5.75 Å². The lowest BCUT2D eigenvalue weighted by molar-refractivity contribution is -0.155. The van der Waals surface area contributed by atoms with Crippen LogP contribution < -0.4 is 4.74 Å². The third-order valence-electron chi connectivity index (χ3n) is 5.04. The van der Waals surface area contributed by atoms with Gasteiger partial charge in [-0.05, 0) is 43.5 Å². The summed E-state index contributed by atoms with van der Waals surface area (Å²) in [5.41, 5.74) is 0. The number of aliphatic hydroxyl groups is 1. The second-order valence-corrected chi connectivity index (χ2v) is 6.89. The van der Waals surface area contributed by atoms with E-state index in [2.05, 4.69) is 4.90 Å². The number of rotatable bonds is 7. The van der Waals surface area contributed by atoms with Crippen LogP contribution in [0.3, 0.4) is 0 Å². The van der Waals surface area contributed by atoms with E-state index in [4.69, 9.17) is 14.6 Å². The van der Waals surface area contributed by atoms with Gasteiger partial charge < -0.3 is 24.4 Å². The minimum absolute atomic E-state index is 0.0387. The minimum atomic E-state index is -0.298. The Morgan fingerprint density at radius 2 is 1.96 bits per heavy atom. The molecule has 2 aliphatic rings. The Morgan fingerprint density at radius 3 is 2.65 bits per heavy atom. The number of halogens is 1. The van der Waals surface area contributed by atoms with Crippen LogP contribution in [0.1, 0.15) is 19.3 Å². The van der Waals surface area contributed by atoms with Crippen molar-refractivity contribution in [1.82, 2.24) is 9.80 Å². The van der Waals surface area contributed by atoms with Gasteiger partial charge in [0.1, 0.15) is 30.9 Å². The van der Waals surface area contributed by atoms with Gasteiger partial charge in [-0.3, -0.25) is 4.79 Å². The molecular weight excluding hydrogens is 339 g/mol. The average Bonchev–Trinajstić information content (AvgIpc) is 2.67. The highest BCUT2D eigenvalue weighted by Gasteiger charge is 2.33. The fraction of sp³-hybridized carbons (Fsp3) is 0.632. The zero-order valence-corrected chi connectivity index (χ0v) is 15.0. The Balaban J connectivity index is 1.47. The molecule has 2 saturated heterocycles. The second-order valence-electron chi connectivity index (χ2n) is 6.89. The van der Waals surface area contributed by atoms with E-state index in [0.717, 1.165) is 38.9 Å². The molecule has 1 aromatic rings. The van der Waals surface area contributed by atoms with Crippen LogP contribution in [-0.2, 0) is 9.53 Å². The first-order valence-corrected chi connectivity index (χ1v) is 9.28. The zero-order valence-electron chi connectivity index (χ0n) is 15.0. The van der Waals surface area contributed by atoms with Gasteiger partial charge in [-0.15, -0.1) is 0 Å². The normalized spacial score (nSPS) is 22.6. The fourth-order valence-corrected chi connectivity index (χ4v) is 3.57. The number of hydrogen-bond acceptors (Lipinski definition) is 5. The Hall–Kier alpha value is -1.70. The highest BCUT2D eigenvalue weighted by molar-refractivity contribution is 5.78. The maximum atomic E-state index is 12.9. The predicted octanol–water partition coefficient (Wildman–Crippen LogP) is 1.28. The first kappa shape index (κ1) is 19.1. The summed E-state index contributed by atoms with van der Waals surface area (Å²) in [6, 6.07) is 6.13. The van der Waals surface area contributed by atoms with Crippen molar-refractivity contribution in [2.75, 3.05) is 46.0 Å². The first-order chi connectivity index (χ1) is 12.7. The number of likely N-dealkylation sites (tertiary alicyclic amines) is 1. The summed E-state index contributed by atoms with van der Waals surface area (Å²) in [6.45, 7) is 3.98. The number of carbonyl (C=O) groups excluding carboxylic acids is 1. The standard InChI is InChI=1S/C19H27FN2O4/c20-15-2-4-17(5-3-15)25-13-18-12-22(19(24)14-26-18)16-6-9-21(10-7-16)8-1-11-23/h2-5,16,18,23H,1,6-14H2/t18-/m1/s1. The molecule has 1 aromatic carbocycles. The van der Waals surface area contributed by atoms with Crippen molar-refractivity contribution in [3.63, 3.8) is 0 Å². The van der Waals surface area contributed by atoms with E-state index in [1.54, 1.807) is 12.1 Å². The Bertz CT molecular complexity index is 575. The van der Waals surface area contributed by atoms with Gasteiger partial charge in [0.2, 0.25) is 5.91 Å². The van der Waals surface area contributed by atoms with Gasteiger partial charge in [0.25, 0.3) is 0 Å². The van der Waals surface area contributed by atoms with E-state index in [9.17, 15) is 9.18 Å². The van der Waals surface area contributed by atoms with Crippen molar-refractivity contribution in [1.29, 1.82) is 0 Å². The third-order valence-corrected chi connectivity index (χ3v) is 5.04. The monoisotopic (exact) mass is 366 g/mol. The molecule has 0 aliphatic carbocycles. The number of hydrogen-bond donors (Lipinski definition) is 1. The molecule has 1 amide bonds. The van der Waals surface area contributed by atoms with Gasteiger partial charge in [0, 0.05) is 32.3 Å². The molecule has 2 aliphatic heterocycles. The Kier molecular flexibility index (Phi) is 6.82. The second kappa shape index (κ2) is 9.30. The van der Waals surface area contributed by atoms with Crippen LogP contribution in [0.5, 0.6) is 5.75 Å². The molecule has 144 valence electrons. The summed E-state index contributed by atoms with van der Waals surface area (Å²) in [4.78, 5) is 16.6. The number of benzene rings is 1. The maximum absolute atomic E-state index is 12.9. The number of piperidine rings is 1. The highest BCUT2D eigenvalue weighted by Crippen LogP contribution is 2.21. The summed E-state index contributed by atoms with van der Waals surface area (Å²) in [5, 5.41) is 8.94. The van der Waals surface area contributed by atoms with Gasteiger partial charge in [-0.25, -0.2) is 4.39 Å². The van der Waals surface area contributed by atoms with Crippen molar-refractivity contribution >= 4 is 5.91 Å². The summed E-state index contributed by atoms with van der Waals surface area (Å²) in [7, 11) is 0. The summed E-state index contributed by atoms with van der Waals surface area (Å²) in [6.07, 6.45) is 2.51. The van der Waals surface area contributed by atoms with Gasteiger partial charge >= 0.3 is 0 Å². The van der Waals surface area contributed by atoms with E-state index < -0.39 is 0 Å². The molecule has 0 spiro atoms. The van der Waals surface area contributed by atoms with Crippen LogP contribution in [-0.4, -0.2) is 79.0 Å². The summed E-state index contributed by atoms with van der Waals surface area (Å²) < 4.78 is 24.2. The lowest BCUT2D eigenvalue weighted by Crippen LogP contribution is -2.55. The van der Waals surface area contributed by atoms with Crippen molar-refractivity contribution in [2.45, 2.75) is 31.4 Å². The third kappa shape index (κ3) is 5.16. The maximum Gasteiger partial charge on any atom is 0.248 e. The van der Waals surface area contributed by atoms with Gasteiger partial charge in [-0.2, -0.15) is 0 Å². The number of aliphatic hydroxyl groups excluding tert-OH is 1. The van der Waals surface area contributed by atoms with Crippen molar-refractivity contribution in [2.24, 2.45) is 0 Å². The smallest absolute Gasteiger partial charge is 0.248 e. The van der Waals surface area contributed by atoms with Crippen LogP contribution in [0, 0.1) is 5.82 Å². The molecule has 26 heavy (non-hydrogen) atoms. The molecule has 0 bridgehead atoms. The Morgan fingerprint density at radius 1 is 1.23 bits per heavy atom. The highest BCUT2D eigenvalue weighted by atomic mass is 19.1. The van der Waals surface area contributed by atoms with Crippen LogP contribution >= 0.6 is 0 Å². The van der Waals surface area contributed by atoms with Gasteiger partial charge in [-0.1, -0.05) is 0 Å². The molecule has 2 heterocycles. The van der Waals surface area contributed by atoms with E-state index in [1.165, 1.54) is 12.1 Å². The van der Waals surface area contributed by atoms with E-state index in [0.29, 0.717) is 18.9 Å². The molecule has 0 aromatic heterocycles. The molecule has 0 saturated carbocycles. The van der Waals surface area contributed by atoms with Crippen molar-refractivity contribution < 1.29 is 23.8 Å². The SMILES string of the molecule is O=C1CO[C@@H](COc2ccc(F)cc2)CN1C1CCN(CCCO)CC1. The van der Waals surface area contributed by atoms with Crippen molar-refractivity contribution in [3.05, 3.63) is 30.1 Å². The molecule has 1 N–H and O–H groups in total. The largest absolute Gasteiger partial charge is 0.491 e. The summed E-state index contributed by atoms with van der Waals surface area (Å²) in [5.74, 6) is 0.334. The molecule has 6 nitrogen and oxygen atoms in total. The quantitative estimate of drug-likeness (QED) is 0.788. The van der Waals surface area contributed by atoms with Crippen LogP contribution in [0.4, 0.5) is 4.39 Å². The lowest BCUT2D eigenvalue weighted by Gasteiger charge is -2.42. The average molecular weight is 366 g/mol. The number of nitrogens with zero attached hydrogens (tertiary/aromatic N) is 2. The Labute approximate surface area is 153 Å². The number of ether oxygens (including phenoxy) is 2. The molecular formula is C19H27FN2O4. The van der Waals surface area contributed by atoms with Crippen LogP contribution in [0.25, 0.3) is 0 Å². The molecule has 2 fully saturated rings. The number of amides is 1. The summed E-state index contributed by atoms with van der Waals surface area (Å²) >= 11 is 0. The van der Waals surface area contributed by atoms with Gasteiger partial charge in [0.15, 0.2) is 0 Å². The number of morpholine rings is 1. The van der Waals surface area contributed by atoms with E-state index >= 15 is 0 Å².